The Bertz CT molecular complexity index is 1350. The zero-order chi connectivity index (χ0) is 28.5. The molecule has 12 heteroatoms. The first kappa shape index (κ1) is 29.3. The molecule has 0 atom stereocenters. The van der Waals surface area contributed by atoms with Gasteiger partial charge in [0.1, 0.15) is 41.8 Å². The van der Waals surface area contributed by atoms with Gasteiger partial charge in [0.05, 0.1) is 41.3 Å². The highest BCUT2D eigenvalue weighted by atomic mass is 35.5. The van der Waals surface area contributed by atoms with Crippen LogP contribution in [0.1, 0.15) is 19.3 Å². The Morgan fingerprint density at radius 2 is 1.60 bits per heavy atom. The lowest BCUT2D eigenvalue weighted by molar-refractivity contribution is -0.111. The van der Waals surface area contributed by atoms with Crippen molar-refractivity contribution in [1.82, 2.24) is 14.9 Å². The minimum absolute atomic E-state index is 0.360. The summed E-state index contributed by atoms with van der Waals surface area (Å²) in [4.78, 5) is 23.2. The summed E-state index contributed by atoms with van der Waals surface area (Å²) in [6.07, 6.45) is 6.28. The second-order valence-corrected chi connectivity index (χ2v) is 9.81. The van der Waals surface area contributed by atoms with E-state index in [-0.39, 0.29) is 5.91 Å². The summed E-state index contributed by atoms with van der Waals surface area (Å²) >= 11 is 12.5. The minimum Gasteiger partial charge on any atom is -0.495 e. The van der Waals surface area contributed by atoms with Gasteiger partial charge < -0.3 is 30.2 Å². The number of halogens is 2. The highest BCUT2D eigenvalue weighted by molar-refractivity contribution is 6.37. The van der Waals surface area contributed by atoms with Crippen LogP contribution in [0.3, 0.4) is 0 Å². The fraction of sp³-hybridized carbons (Fsp3) is 0.321. The fourth-order valence-electron chi connectivity index (χ4n) is 4.25. The van der Waals surface area contributed by atoms with Crippen LogP contribution in [0.2, 0.25) is 10.0 Å². The predicted molar refractivity (Wildman–Crippen MR) is 159 cm³/mol. The van der Waals surface area contributed by atoms with Crippen molar-refractivity contribution in [2.24, 2.45) is 0 Å². The Balaban J connectivity index is 1.54. The summed E-state index contributed by atoms with van der Waals surface area (Å²) in [6, 6.07) is 8.43. The van der Waals surface area contributed by atoms with Crippen LogP contribution in [0.25, 0.3) is 0 Å². The topological polar surface area (TPSA) is 110 Å². The lowest BCUT2D eigenvalue weighted by Gasteiger charge is -2.26. The molecule has 2 aromatic carbocycles. The van der Waals surface area contributed by atoms with Crippen molar-refractivity contribution < 1.29 is 19.0 Å². The van der Waals surface area contributed by atoms with Gasteiger partial charge in [-0.25, -0.2) is 9.97 Å². The van der Waals surface area contributed by atoms with E-state index in [1.165, 1.54) is 38.8 Å². The smallest absolute Gasteiger partial charge is 0.247 e. The number of methoxy groups -OCH3 is 2. The molecule has 1 saturated heterocycles. The maximum atomic E-state index is 12.2. The quantitative estimate of drug-likeness (QED) is 0.211. The largest absolute Gasteiger partial charge is 0.495 e. The molecule has 3 aromatic rings. The number of amides is 1. The lowest BCUT2D eigenvalue weighted by Crippen LogP contribution is -2.33. The Hall–Kier alpha value is -3.73. The molecule has 1 fully saturated rings. The average molecular weight is 588 g/mol. The van der Waals surface area contributed by atoms with Crippen molar-refractivity contribution in [1.29, 1.82) is 0 Å². The van der Waals surface area contributed by atoms with Crippen LogP contribution < -0.4 is 30.2 Å². The predicted octanol–water partition coefficient (Wildman–Crippen LogP) is 6.28. The van der Waals surface area contributed by atoms with Crippen LogP contribution in [-0.4, -0.2) is 61.2 Å². The van der Waals surface area contributed by atoms with Crippen LogP contribution in [0.15, 0.2) is 49.3 Å². The second-order valence-electron chi connectivity index (χ2n) is 9.00. The van der Waals surface area contributed by atoms with Crippen LogP contribution in [0, 0.1) is 0 Å². The first-order chi connectivity index (χ1) is 19.4. The van der Waals surface area contributed by atoms with Gasteiger partial charge in [-0.3, -0.25) is 9.69 Å². The zero-order valence-electron chi connectivity index (χ0n) is 22.4. The number of anilines is 5. The van der Waals surface area contributed by atoms with E-state index < -0.39 is 0 Å². The van der Waals surface area contributed by atoms with Gasteiger partial charge >= 0.3 is 0 Å². The van der Waals surface area contributed by atoms with Gasteiger partial charge in [0.25, 0.3) is 0 Å². The van der Waals surface area contributed by atoms with E-state index in [0.29, 0.717) is 62.6 Å². The van der Waals surface area contributed by atoms with Gasteiger partial charge in [-0.1, -0.05) is 36.2 Å². The van der Waals surface area contributed by atoms with Gasteiger partial charge in [0.2, 0.25) is 5.91 Å². The van der Waals surface area contributed by atoms with Gasteiger partial charge in [0, 0.05) is 24.7 Å². The van der Waals surface area contributed by atoms with Crippen molar-refractivity contribution in [3.8, 4) is 17.2 Å². The Kier molecular flexibility index (Phi) is 10.3. The third-order valence-electron chi connectivity index (χ3n) is 6.29. The summed E-state index contributed by atoms with van der Waals surface area (Å²) < 4.78 is 17.0. The third kappa shape index (κ3) is 7.68. The Labute approximate surface area is 243 Å². The summed E-state index contributed by atoms with van der Waals surface area (Å²) in [6.45, 7) is 6.98. The molecule has 4 rings (SSSR count). The first-order valence-corrected chi connectivity index (χ1v) is 13.6. The number of likely N-dealkylation sites (tertiary alicyclic amines) is 1. The monoisotopic (exact) mass is 586 g/mol. The Morgan fingerprint density at radius 3 is 2.27 bits per heavy atom. The van der Waals surface area contributed by atoms with Gasteiger partial charge in [-0.05, 0) is 44.1 Å². The average Bonchev–Trinajstić information content (AvgIpc) is 2.96. The highest BCUT2D eigenvalue weighted by Gasteiger charge is 2.16. The molecule has 2 heterocycles. The number of piperidine rings is 1. The number of benzene rings is 2. The molecule has 0 bridgehead atoms. The molecule has 1 aliphatic heterocycles. The third-order valence-corrected chi connectivity index (χ3v) is 6.90. The van der Waals surface area contributed by atoms with Crippen LogP contribution in [0.5, 0.6) is 17.2 Å². The minimum atomic E-state index is -0.360. The molecule has 0 aliphatic carbocycles. The molecule has 1 aromatic heterocycles. The summed E-state index contributed by atoms with van der Waals surface area (Å²) in [7, 11) is 3.08. The second kappa shape index (κ2) is 14.1. The molecule has 0 unspecified atom stereocenters. The maximum absolute atomic E-state index is 12.2. The van der Waals surface area contributed by atoms with Gasteiger partial charge in [-0.15, -0.1) is 0 Å². The van der Waals surface area contributed by atoms with Gasteiger partial charge in [-0.2, -0.15) is 0 Å². The molecule has 3 N–H and O–H groups in total. The van der Waals surface area contributed by atoms with Crippen molar-refractivity contribution in [2.45, 2.75) is 19.3 Å². The van der Waals surface area contributed by atoms with Crippen LogP contribution in [-0.2, 0) is 4.79 Å². The summed E-state index contributed by atoms with van der Waals surface area (Å²) in [5.74, 6) is 2.04. The molecular weight excluding hydrogens is 555 g/mol. The number of carbonyl (C=O) groups is 1. The molecular formula is C28H32Cl2N6O4. The van der Waals surface area contributed by atoms with Gasteiger partial charge in [0.15, 0.2) is 0 Å². The number of rotatable bonds is 12. The standard InChI is InChI=1S/C28H32Cl2N6O4/c1-4-28(37)35-22-13-21(24(39-3)15-25(22)40-11-10-36-8-6-5-7-9-36)34-27-16-26(31-17-32-27)33-20-14-23(38-2)19(30)12-18(20)29/h4,12-17H,1,5-11H2,2-3H3,(H,35,37)(H2,31,32,33,34). The molecule has 1 aliphatic rings. The number of aromatic nitrogens is 2. The number of carbonyl (C=O) groups excluding carboxylic acids is 1. The molecule has 0 radical (unpaired) electrons. The molecule has 10 nitrogen and oxygen atoms in total. The van der Waals surface area contributed by atoms with Crippen molar-refractivity contribution in [2.75, 3.05) is 56.4 Å². The molecule has 40 heavy (non-hydrogen) atoms. The lowest BCUT2D eigenvalue weighted by atomic mass is 10.1. The van der Waals surface area contributed by atoms with Crippen molar-refractivity contribution >= 4 is 57.8 Å². The van der Waals surface area contributed by atoms with E-state index in [1.54, 1.807) is 37.4 Å². The number of hydrogen-bond acceptors (Lipinski definition) is 9. The van der Waals surface area contributed by atoms with Crippen LogP contribution in [0.4, 0.5) is 28.7 Å². The normalized spacial score (nSPS) is 13.3. The highest BCUT2D eigenvalue weighted by Crippen LogP contribution is 2.39. The van der Waals surface area contributed by atoms with E-state index in [1.807, 2.05) is 0 Å². The first-order valence-electron chi connectivity index (χ1n) is 12.8. The van der Waals surface area contributed by atoms with E-state index >= 15 is 0 Å². The summed E-state index contributed by atoms with van der Waals surface area (Å²) in [5.41, 5.74) is 1.59. The number of ether oxygens (including phenoxy) is 3. The number of hydrogen-bond donors (Lipinski definition) is 3. The SMILES string of the molecule is C=CC(=O)Nc1cc(Nc2cc(Nc3cc(OC)c(Cl)cc3Cl)ncn2)c(OC)cc1OCCN1CCCCC1. The van der Waals surface area contributed by atoms with Crippen molar-refractivity contribution in [3.63, 3.8) is 0 Å². The van der Waals surface area contributed by atoms with Crippen LogP contribution >= 0.6 is 23.2 Å². The number of nitrogens with one attached hydrogen (secondary N) is 3. The van der Waals surface area contributed by atoms with E-state index in [4.69, 9.17) is 37.4 Å². The Morgan fingerprint density at radius 1 is 0.900 bits per heavy atom. The van der Waals surface area contributed by atoms with E-state index in [0.717, 1.165) is 19.6 Å². The summed E-state index contributed by atoms with van der Waals surface area (Å²) in [5, 5.41) is 9.99. The zero-order valence-corrected chi connectivity index (χ0v) is 23.9. The van der Waals surface area contributed by atoms with E-state index in [9.17, 15) is 4.79 Å². The molecule has 0 spiro atoms. The van der Waals surface area contributed by atoms with Crippen molar-refractivity contribution in [3.05, 3.63) is 59.4 Å². The number of nitrogens with zero attached hydrogens (tertiary/aromatic N) is 3. The molecule has 0 saturated carbocycles. The fourth-order valence-corrected chi connectivity index (χ4v) is 4.76. The van der Waals surface area contributed by atoms with E-state index in [2.05, 4.69) is 37.4 Å². The maximum Gasteiger partial charge on any atom is 0.247 e. The molecule has 1 amide bonds. The molecule has 212 valence electrons.